The molecule has 0 unspecified atom stereocenters. The molecule has 2 aromatic heterocycles. The van der Waals surface area contributed by atoms with Crippen molar-refractivity contribution in [2.75, 3.05) is 5.32 Å². The van der Waals surface area contributed by atoms with Crippen LogP contribution in [0.3, 0.4) is 0 Å². The van der Waals surface area contributed by atoms with Crippen molar-refractivity contribution < 1.29 is 22.4 Å². The monoisotopic (exact) mass is 469 g/mol. The highest BCUT2D eigenvalue weighted by Gasteiger charge is 2.13. The van der Waals surface area contributed by atoms with E-state index >= 15 is 0 Å². The number of primary sulfonamides is 1. The molecule has 0 fully saturated rings. The van der Waals surface area contributed by atoms with Crippen LogP contribution >= 0.6 is 11.3 Å². The molecule has 0 atom stereocenters. The standard InChI is InChI=1S/C22H19N3O5S2/c23-32(28,29)21-10-9-17(31-21)13-24-20(26)11-14-5-7-16(8-6-14)25-22(27)19-12-15-3-1-2-4-18(15)30-19/h1-10,12H,11,13H2,(H,24,26)(H,25,27)(H2,23,28,29). The second-order valence-electron chi connectivity index (χ2n) is 7.02. The molecule has 4 N–H and O–H groups in total. The van der Waals surface area contributed by atoms with Crippen molar-refractivity contribution in [2.24, 2.45) is 5.14 Å². The van der Waals surface area contributed by atoms with Crippen molar-refractivity contribution in [1.29, 1.82) is 0 Å². The van der Waals surface area contributed by atoms with E-state index in [1.165, 1.54) is 6.07 Å². The van der Waals surface area contributed by atoms with Gasteiger partial charge in [0.25, 0.3) is 5.91 Å². The van der Waals surface area contributed by atoms with Crippen LogP contribution in [0.25, 0.3) is 11.0 Å². The van der Waals surface area contributed by atoms with E-state index in [0.29, 0.717) is 16.1 Å². The molecule has 0 saturated heterocycles. The van der Waals surface area contributed by atoms with E-state index in [0.717, 1.165) is 22.3 Å². The first-order valence-electron chi connectivity index (χ1n) is 9.55. The van der Waals surface area contributed by atoms with Gasteiger partial charge in [0.15, 0.2) is 5.76 Å². The summed E-state index contributed by atoms with van der Waals surface area (Å²) in [6.07, 6.45) is 0.144. The Kier molecular flexibility index (Phi) is 6.08. The number of carbonyl (C=O) groups excluding carboxylic acids is 2. The summed E-state index contributed by atoms with van der Waals surface area (Å²) in [5.41, 5.74) is 1.98. The molecule has 0 saturated carbocycles. The number of anilines is 1. The van der Waals surface area contributed by atoms with Gasteiger partial charge < -0.3 is 15.1 Å². The minimum Gasteiger partial charge on any atom is -0.451 e. The fraction of sp³-hybridized carbons (Fsp3) is 0.0909. The number of amides is 2. The molecule has 0 aliphatic heterocycles. The molecule has 32 heavy (non-hydrogen) atoms. The SMILES string of the molecule is NS(=O)(=O)c1ccc(CNC(=O)Cc2ccc(NC(=O)c3cc4ccccc4o3)cc2)s1. The average molecular weight is 470 g/mol. The Morgan fingerprint density at radius 3 is 2.44 bits per heavy atom. The van der Waals surface area contributed by atoms with Crippen molar-refractivity contribution >= 4 is 49.8 Å². The lowest BCUT2D eigenvalue weighted by Crippen LogP contribution is -2.24. The van der Waals surface area contributed by atoms with Crippen molar-refractivity contribution in [2.45, 2.75) is 17.2 Å². The Labute approximate surface area is 188 Å². The molecule has 4 rings (SSSR count). The van der Waals surface area contributed by atoms with Crippen LogP contribution in [0.15, 0.2) is 75.4 Å². The minimum absolute atomic E-state index is 0.0574. The maximum Gasteiger partial charge on any atom is 0.291 e. The van der Waals surface area contributed by atoms with Crippen LogP contribution in [0, 0.1) is 0 Å². The fourth-order valence-electron chi connectivity index (χ4n) is 3.03. The van der Waals surface area contributed by atoms with Crippen LogP contribution in [0.5, 0.6) is 0 Å². The van der Waals surface area contributed by atoms with Crippen LogP contribution < -0.4 is 15.8 Å². The Bertz CT molecular complexity index is 1360. The zero-order chi connectivity index (χ0) is 22.7. The van der Waals surface area contributed by atoms with Gasteiger partial charge in [0.1, 0.15) is 9.79 Å². The lowest BCUT2D eigenvalue weighted by atomic mass is 10.1. The number of furan rings is 1. The number of fused-ring (bicyclic) bond motifs is 1. The van der Waals surface area contributed by atoms with Crippen LogP contribution in [-0.4, -0.2) is 20.2 Å². The Balaban J connectivity index is 1.30. The number of nitrogens with two attached hydrogens (primary N) is 1. The molecule has 10 heteroatoms. The number of sulfonamides is 1. The first-order valence-corrected chi connectivity index (χ1v) is 11.9. The molecule has 2 aromatic carbocycles. The molecule has 8 nitrogen and oxygen atoms in total. The predicted molar refractivity (Wildman–Crippen MR) is 122 cm³/mol. The van der Waals surface area contributed by atoms with E-state index in [4.69, 9.17) is 9.56 Å². The van der Waals surface area contributed by atoms with Gasteiger partial charge >= 0.3 is 0 Å². The lowest BCUT2D eigenvalue weighted by molar-refractivity contribution is -0.120. The minimum atomic E-state index is -3.74. The number of nitrogens with one attached hydrogen (secondary N) is 2. The van der Waals surface area contributed by atoms with Crippen molar-refractivity contribution in [3.8, 4) is 0 Å². The lowest BCUT2D eigenvalue weighted by Gasteiger charge is -2.06. The maximum atomic E-state index is 12.4. The third-order valence-corrected chi connectivity index (χ3v) is 7.13. The number of carbonyl (C=O) groups is 2. The maximum absolute atomic E-state index is 12.4. The molecule has 0 bridgehead atoms. The van der Waals surface area contributed by atoms with Crippen LogP contribution in [0.1, 0.15) is 21.0 Å². The number of benzene rings is 2. The van der Waals surface area contributed by atoms with Crippen molar-refractivity contribution in [1.82, 2.24) is 5.32 Å². The summed E-state index contributed by atoms with van der Waals surface area (Å²) >= 11 is 1.02. The number of hydrogen-bond donors (Lipinski definition) is 3. The quantitative estimate of drug-likeness (QED) is 0.382. The summed E-state index contributed by atoms with van der Waals surface area (Å²) in [4.78, 5) is 25.3. The molecular formula is C22H19N3O5S2. The van der Waals surface area contributed by atoms with E-state index in [-0.39, 0.29) is 34.7 Å². The van der Waals surface area contributed by atoms with Gasteiger partial charge in [-0.2, -0.15) is 0 Å². The van der Waals surface area contributed by atoms with Crippen LogP contribution in [-0.2, 0) is 27.8 Å². The van der Waals surface area contributed by atoms with Gasteiger partial charge in [-0.15, -0.1) is 11.3 Å². The number of thiophene rings is 1. The highest BCUT2D eigenvalue weighted by Crippen LogP contribution is 2.21. The highest BCUT2D eigenvalue weighted by molar-refractivity contribution is 7.91. The third kappa shape index (κ3) is 5.22. The summed E-state index contributed by atoms with van der Waals surface area (Å²) in [6.45, 7) is 0.213. The fourth-order valence-corrected chi connectivity index (χ4v) is 4.75. The highest BCUT2D eigenvalue weighted by atomic mass is 32.2. The average Bonchev–Trinajstić information content (AvgIpc) is 3.41. The van der Waals surface area contributed by atoms with Crippen molar-refractivity contribution in [3.63, 3.8) is 0 Å². The number of hydrogen-bond acceptors (Lipinski definition) is 6. The van der Waals surface area contributed by atoms with Gasteiger partial charge in [-0.05, 0) is 42.0 Å². The molecule has 164 valence electrons. The van der Waals surface area contributed by atoms with Gasteiger partial charge in [0, 0.05) is 16.0 Å². The topological polar surface area (TPSA) is 132 Å². The van der Waals surface area contributed by atoms with Gasteiger partial charge in [0.2, 0.25) is 15.9 Å². The molecular weight excluding hydrogens is 450 g/mol. The van der Waals surface area contributed by atoms with E-state index in [9.17, 15) is 18.0 Å². The summed E-state index contributed by atoms with van der Waals surface area (Å²) in [7, 11) is -3.74. The third-order valence-electron chi connectivity index (χ3n) is 4.60. The molecule has 0 radical (unpaired) electrons. The summed E-state index contributed by atoms with van der Waals surface area (Å²) in [6, 6.07) is 19.0. The first kappa shape index (κ1) is 21.8. The smallest absolute Gasteiger partial charge is 0.291 e. The number of para-hydroxylation sites is 1. The predicted octanol–water partition coefficient (Wildman–Crippen LogP) is 3.25. The van der Waals surface area contributed by atoms with E-state index < -0.39 is 10.0 Å². The van der Waals surface area contributed by atoms with E-state index in [1.54, 1.807) is 42.5 Å². The number of rotatable bonds is 7. The Hall–Kier alpha value is -3.47. The van der Waals surface area contributed by atoms with E-state index in [2.05, 4.69) is 10.6 Å². The molecule has 2 amide bonds. The second kappa shape index (κ2) is 8.95. The van der Waals surface area contributed by atoms with E-state index in [1.807, 2.05) is 18.2 Å². The largest absolute Gasteiger partial charge is 0.451 e. The van der Waals surface area contributed by atoms with Gasteiger partial charge in [-0.3, -0.25) is 9.59 Å². The zero-order valence-electron chi connectivity index (χ0n) is 16.7. The normalized spacial score (nSPS) is 11.4. The summed E-state index contributed by atoms with van der Waals surface area (Å²) in [5, 5.41) is 11.5. The second-order valence-corrected chi connectivity index (χ2v) is 9.98. The Morgan fingerprint density at radius 1 is 1.00 bits per heavy atom. The Morgan fingerprint density at radius 2 is 1.75 bits per heavy atom. The van der Waals surface area contributed by atoms with Crippen molar-refractivity contribution in [3.05, 3.63) is 82.9 Å². The van der Waals surface area contributed by atoms with Gasteiger partial charge in [-0.1, -0.05) is 30.3 Å². The molecule has 2 heterocycles. The zero-order valence-corrected chi connectivity index (χ0v) is 18.3. The van der Waals surface area contributed by atoms with Gasteiger partial charge in [0.05, 0.1) is 13.0 Å². The van der Waals surface area contributed by atoms with Crippen LogP contribution in [0.4, 0.5) is 5.69 Å². The molecule has 0 aliphatic rings. The summed E-state index contributed by atoms with van der Waals surface area (Å²) < 4.78 is 28.2. The molecule has 0 spiro atoms. The summed E-state index contributed by atoms with van der Waals surface area (Å²) in [5.74, 6) is -0.357. The molecule has 4 aromatic rings. The van der Waals surface area contributed by atoms with Crippen LogP contribution in [0.2, 0.25) is 0 Å². The van der Waals surface area contributed by atoms with Gasteiger partial charge in [-0.25, -0.2) is 13.6 Å². The first-order chi connectivity index (χ1) is 15.3. The molecule has 0 aliphatic carbocycles.